The average molecular weight is 410 g/mol. The highest BCUT2D eigenvalue weighted by Gasteiger charge is 2.23. The number of hydrogen-bond donors (Lipinski definition) is 1. The molecule has 1 atom stereocenters. The molecule has 0 aliphatic carbocycles. The van der Waals surface area contributed by atoms with Crippen LogP contribution in [0.4, 0.5) is 5.69 Å². The molecular formula is C21H23N5O2S. The highest BCUT2D eigenvalue weighted by atomic mass is 32.2. The number of anilines is 1. The highest BCUT2D eigenvalue weighted by Crippen LogP contribution is 2.27. The molecule has 0 fully saturated rings. The number of thioether (sulfide) groups is 1. The number of carbonyl (C=O) groups is 2. The van der Waals surface area contributed by atoms with Crippen LogP contribution in [0.15, 0.2) is 53.9 Å². The topological polar surface area (TPSA) is 89.8 Å². The number of nitrogens with one attached hydrogen (secondary N) is 1. The number of hydrogen-bond acceptors (Lipinski definition) is 6. The number of nitrogens with zero attached hydrogens (tertiary/aromatic N) is 4. The Labute approximate surface area is 174 Å². The van der Waals surface area contributed by atoms with E-state index in [4.69, 9.17) is 0 Å². The van der Waals surface area contributed by atoms with Crippen molar-refractivity contribution in [2.75, 3.05) is 5.32 Å². The highest BCUT2D eigenvalue weighted by molar-refractivity contribution is 8.00. The Morgan fingerprint density at radius 1 is 1.07 bits per heavy atom. The standard InChI is InChI=1S/C21H23N5O2S/c1-13(2)16-7-9-18(10-8-16)23-20(28)14(3)29-21-25-24-19(26(21)15(4)27)17-6-5-11-22-12-17/h5-14H,1-4H3,(H,23,28). The lowest BCUT2D eigenvalue weighted by atomic mass is 10.0. The first-order chi connectivity index (χ1) is 13.9. The molecular weight excluding hydrogens is 386 g/mol. The van der Waals surface area contributed by atoms with Crippen LogP contribution >= 0.6 is 11.8 Å². The molecule has 0 saturated heterocycles. The first-order valence-electron chi connectivity index (χ1n) is 9.31. The zero-order chi connectivity index (χ0) is 21.0. The third kappa shape index (κ3) is 4.89. The van der Waals surface area contributed by atoms with Gasteiger partial charge in [0.25, 0.3) is 0 Å². The first kappa shape index (κ1) is 20.7. The van der Waals surface area contributed by atoms with Gasteiger partial charge >= 0.3 is 0 Å². The van der Waals surface area contributed by atoms with E-state index in [-0.39, 0.29) is 11.8 Å². The fourth-order valence-electron chi connectivity index (χ4n) is 2.72. The minimum Gasteiger partial charge on any atom is -0.325 e. The maximum atomic E-state index is 12.6. The van der Waals surface area contributed by atoms with Crippen LogP contribution in [0.2, 0.25) is 0 Å². The van der Waals surface area contributed by atoms with E-state index in [2.05, 4.69) is 34.3 Å². The summed E-state index contributed by atoms with van der Waals surface area (Å²) >= 11 is 1.19. The van der Waals surface area contributed by atoms with Gasteiger partial charge in [0.2, 0.25) is 11.8 Å². The lowest BCUT2D eigenvalue weighted by Crippen LogP contribution is -2.23. The molecule has 3 rings (SSSR count). The van der Waals surface area contributed by atoms with Gasteiger partial charge in [-0.05, 0) is 42.7 Å². The summed E-state index contributed by atoms with van der Waals surface area (Å²) in [7, 11) is 0. The van der Waals surface area contributed by atoms with Crippen LogP contribution in [0.25, 0.3) is 11.4 Å². The van der Waals surface area contributed by atoms with Crippen molar-refractivity contribution < 1.29 is 9.59 Å². The third-order valence-corrected chi connectivity index (χ3v) is 5.41. The van der Waals surface area contributed by atoms with Crippen molar-refractivity contribution in [3.05, 3.63) is 54.4 Å². The molecule has 3 aromatic rings. The third-order valence-electron chi connectivity index (χ3n) is 4.36. The maximum Gasteiger partial charge on any atom is 0.237 e. The molecule has 2 heterocycles. The predicted molar refractivity (Wildman–Crippen MR) is 114 cm³/mol. The van der Waals surface area contributed by atoms with Crippen molar-refractivity contribution in [3.8, 4) is 11.4 Å². The van der Waals surface area contributed by atoms with Crippen LogP contribution in [0.5, 0.6) is 0 Å². The lowest BCUT2D eigenvalue weighted by molar-refractivity contribution is -0.115. The van der Waals surface area contributed by atoms with Crippen LogP contribution in [0, 0.1) is 0 Å². The maximum absolute atomic E-state index is 12.6. The monoisotopic (exact) mass is 409 g/mol. The molecule has 0 spiro atoms. The first-order valence-corrected chi connectivity index (χ1v) is 10.2. The largest absolute Gasteiger partial charge is 0.325 e. The van der Waals surface area contributed by atoms with E-state index in [0.717, 1.165) is 5.69 Å². The van der Waals surface area contributed by atoms with Crippen molar-refractivity contribution in [2.45, 2.75) is 44.0 Å². The summed E-state index contributed by atoms with van der Waals surface area (Å²) in [6, 6.07) is 11.4. The van der Waals surface area contributed by atoms with Crippen molar-refractivity contribution in [2.24, 2.45) is 0 Å². The summed E-state index contributed by atoms with van der Waals surface area (Å²) in [6.45, 7) is 7.45. The Morgan fingerprint density at radius 2 is 1.79 bits per heavy atom. The van der Waals surface area contributed by atoms with E-state index >= 15 is 0 Å². The van der Waals surface area contributed by atoms with Crippen LogP contribution in [-0.4, -0.2) is 36.8 Å². The quantitative estimate of drug-likeness (QED) is 0.613. The predicted octanol–water partition coefficient (Wildman–Crippen LogP) is 4.24. The van der Waals surface area contributed by atoms with Gasteiger partial charge in [0.15, 0.2) is 11.0 Å². The minimum absolute atomic E-state index is 0.173. The van der Waals surface area contributed by atoms with Crippen molar-refractivity contribution in [1.29, 1.82) is 0 Å². The smallest absolute Gasteiger partial charge is 0.237 e. The molecule has 8 heteroatoms. The fraction of sp³-hybridized carbons (Fsp3) is 0.286. The number of pyridine rings is 1. The fourth-order valence-corrected chi connectivity index (χ4v) is 3.61. The second-order valence-corrected chi connectivity index (χ2v) is 8.24. The molecule has 1 unspecified atom stereocenters. The molecule has 1 amide bonds. The SMILES string of the molecule is CC(=O)n1c(SC(C)C(=O)Nc2ccc(C(C)C)cc2)nnc1-c1cccnc1. The summed E-state index contributed by atoms with van der Waals surface area (Å²) in [5, 5.41) is 11.1. The molecule has 2 aromatic heterocycles. The summed E-state index contributed by atoms with van der Waals surface area (Å²) in [5.74, 6) is 0.438. The van der Waals surface area contributed by atoms with Gasteiger partial charge < -0.3 is 5.32 Å². The molecule has 0 aliphatic rings. The molecule has 0 aliphatic heterocycles. The van der Waals surface area contributed by atoms with Gasteiger partial charge in [-0.2, -0.15) is 0 Å². The Morgan fingerprint density at radius 3 is 2.38 bits per heavy atom. The van der Waals surface area contributed by atoms with Crippen LogP contribution < -0.4 is 5.32 Å². The Kier molecular flexibility index (Phi) is 6.43. The molecule has 150 valence electrons. The van der Waals surface area contributed by atoms with Crippen molar-refractivity contribution >= 4 is 29.3 Å². The number of aromatic nitrogens is 4. The van der Waals surface area contributed by atoms with Gasteiger partial charge in [-0.15, -0.1) is 10.2 Å². The molecule has 29 heavy (non-hydrogen) atoms. The number of carbonyl (C=O) groups excluding carboxylic acids is 2. The molecule has 1 N–H and O–H groups in total. The van der Waals surface area contributed by atoms with E-state index in [1.165, 1.54) is 28.8 Å². The van der Waals surface area contributed by atoms with Gasteiger partial charge in [0.05, 0.1) is 5.25 Å². The van der Waals surface area contributed by atoms with E-state index < -0.39 is 5.25 Å². The zero-order valence-electron chi connectivity index (χ0n) is 16.8. The van der Waals surface area contributed by atoms with E-state index in [1.54, 1.807) is 25.4 Å². The van der Waals surface area contributed by atoms with Crippen LogP contribution in [0.3, 0.4) is 0 Å². The summed E-state index contributed by atoms with van der Waals surface area (Å²) in [5.41, 5.74) is 2.63. The van der Waals surface area contributed by atoms with E-state index in [1.807, 2.05) is 30.3 Å². The number of amides is 1. The summed E-state index contributed by atoms with van der Waals surface area (Å²) in [4.78, 5) is 28.9. The normalized spacial score (nSPS) is 12.0. The molecule has 0 bridgehead atoms. The van der Waals surface area contributed by atoms with Gasteiger partial charge in [0.1, 0.15) is 0 Å². The second kappa shape index (κ2) is 9.00. The molecule has 1 aromatic carbocycles. The van der Waals surface area contributed by atoms with Gasteiger partial charge in [0, 0.05) is 30.6 Å². The second-order valence-electron chi connectivity index (χ2n) is 6.93. The lowest BCUT2D eigenvalue weighted by Gasteiger charge is -2.13. The van der Waals surface area contributed by atoms with Crippen molar-refractivity contribution in [1.82, 2.24) is 19.7 Å². The minimum atomic E-state index is -0.469. The molecule has 0 radical (unpaired) electrons. The van der Waals surface area contributed by atoms with Crippen LogP contribution in [0.1, 0.15) is 44.0 Å². The Bertz CT molecular complexity index is 1000. The summed E-state index contributed by atoms with van der Waals surface area (Å²) < 4.78 is 1.41. The number of rotatable bonds is 6. The number of benzene rings is 1. The van der Waals surface area contributed by atoms with Crippen LogP contribution in [-0.2, 0) is 4.79 Å². The van der Waals surface area contributed by atoms with E-state index in [9.17, 15) is 9.59 Å². The molecule has 0 saturated carbocycles. The Balaban J connectivity index is 1.74. The average Bonchev–Trinajstić information content (AvgIpc) is 3.12. The van der Waals surface area contributed by atoms with Gasteiger partial charge in [-0.1, -0.05) is 37.7 Å². The van der Waals surface area contributed by atoms with Gasteiger partial charge in [-0.25, -0.2) is 4.57 Å². The van der Waals surface area contributed by atoms with Gasteiger partial charge in [-0.3, -0.25) is 14.6 Å². The summed E-state index contributed by atoms with van der Waals surface area (Å²) in [6.07, 6.45) is 3.27. The van der Waals surface area contributed by atoms with E-state index in [0.29, 0.717) is 22.5 Å². The zero-order valence-corrected chi connectivity index (χ0v) is 17.6. The van der Waals surface area contributed by atoms with Crippen molar-refractivity contribution in [3.63, 3.8) is 0 Å². The Hall–Kier alpha value is -3.00. The molecule has 7 nitrogen and oxygen atoms in total.